The molecule has 0 aromatic heterocycles. The minimum atomic E-state index is -0.198. The molecule has 6 heteroatoms. The van der Waals surface area contributed by atoms with E-state index in [1.165, 1.54) is 0 Å². The summed E-state index contributed by atoms with van der Waals surface area (Å²) in [7, 11) is 1.65. The number of methoxy groups -OCH3 is 1. The molecule has 5 nitrogen and oxygen atoms in total. The SMILES string of the molecule is COc1cccc(C2=NN(C(=O)CN3CCC(C)CC3)[C@H](c3ccccc3Cl)C2)c1. The van der Waals surface area contributed by atoms with Crippen LogP contribution in [0.25, 0.3) is 0 Å². The van der Waals surface area contributed by atoms with Crippen molar-refractivity contribution in [3.8, 4) is 5.75 Å². The molecule has 1 amide bonds. The third-order valence-electron chi connectivity index (χ3n) is 6.07. The van der Waals surface area contributed by atoms with Crippen molar-refractivity contribution in [2.45, 2.75) is 32.2 Å². The van der Waals surface area contributed by atoms with E-state index in [9.17, 15) is 4.79 Å². The molecule has 1 saturated heterocycles. The topological polar surface area (TPSA) is 45.1 Å². The van der Waals surface area contributed by atoms with Gasteiger partial charge in [-0.2, -0.15) is 5.10 Å². The number of piperidine rings is 1. The highest BCUT2D eigenvalue weighted by molar-refractivity contribution is 6.31. The number of carbonyl (C=O) groups is 1. The quantitative estimate of drug-likeness (QED) is 0.693. The van der Waals surface area contributed by atoms with E-state index in [4.69, 9.17) is 21.4 Å². The molecule has 0 saturated carbocycles. The fraction of sp³-hybridized carbons (Fsp3) is 0.417. The lowest BCUT2D eigenvalue weighted by Gasteiger charge is -2.31. The van der Waals surface area contributed by atoms with Gasteiger partial charge in [-0.1, -0.05) is 48.9 Å². The van der Waals surface area contributed by atoms with Gasteiger partial charge < -0.3 is 4.74 Å². The van der Waals surface area contributed by atoms with E-state index in [1.54, 1.807) is 12.1 Å². The number of hydrogen-bond acceptors (Lipinski definition) is 4. The van der Waals surface area contributed by atoms with E-state index < -0.39 is 0 Å². The Morgan fingerprint density at radius 3 is 2.67 bits per heavy atom. The van der Waals surface area contributed by atoms with Crippen LogP contribution in [0.5, 0.6) is 5.75 Å². The predicted octanol–water partition coefficient (Wildman–Crippen LogP) is 4.76. The van der Waals surface area contributed by atoms with Gasteiger partial charge in [-0.25, -0.2) is 5.01 Å². The molecule has 2 aromatic carbocycles. The summed E-state index contributed by atoms with van der Waals surface area (Å²) in [4.78, 5) is 15.5. The Hall–Kier alpha value is -2.37. The molecule has 30 heavy (non-hydrogen) atoms. The molecule has 0 spiro atoms. The average molecular weight is 426 g/mol. The lowest BCUT2D eigenvalue weighted by atomic mass is 9.98. The summed E-state index contributed by atoms with van der Waals surface area (Å²) < 4.78 is 5.37. The monoisotopic (exact) mass is 425 g/mol. The zero-order valence-corrected chi connectivity index (χ0v) is 18.3. The Kier molecular flexibility index (Phi) is 6.40. The molecule has 0 radical (unpaired) electrons. The number of ether oxygens (including phenoxy) is 1. The van der Waals surface area contributed by atoms with E-state index in [-0.39, 0.29) is 11.9 Å². The van der Waals surface area contributed by atoms with Gasteiger partial charge in [0.2, 0.25) is 0 Å². The number of halogens is 1. The first-order chi connectivity index (χ1) is 14.5. The van der Waals surface area contributed by atoms with Gasteiger partial charge in [0.05, 0.1) is 25.4 Å². The van der Waals surface area contributed by atoms with E-state index in [0.29, 0.717) is 18.0 Å². The van der Waals surface area contributed by atoms with E-state index in [0.717, 1.165) is 54.4 Å². The van der Waals surface area contributed by atoms with Crippen LogP contribution in [0.1, 0.15) is 43.4 Å². The highest BCUT2D eigenvalue weighted by atomic mass is 35.5. The second-order valence-electron chi connectivity index (χ2n) is 8.22. The highest BCUT2D eigenvalue weighted by Gasteiger charge is 2.35. The minimum absolute atomic E-state index is 0.0207. The summed E-state index contributed by atoms with van der Waals surface area (Å²) in [5, 5.41) is 7.08. The van der Waals surface area contributed by atoms with Crippen molar-refractivity contribution in [1.29, 1.82) is 0 Å². The normalized spacial score (nSPS) is 20.3. The number of hydrazone groups is 1. The summed E-state index contributed by atoms with van der Waals surface area (Å²) >= 11 is 6.50. The Bertz CT molecular complexity index is 938. The molecular formula is C24H28ClN3O2. The second-order valence-corrected chi connectivity index (χ2v) is 8.62. The maximum Gasteiger partial charge on any atom is 0.257 e. The molecule has 1 atom stereocenters. The molecular weight excluding hydrogens is 398 g/mol. The van der Waals surface area contributed by atoms with Gasteiger partial charge in [0, 0.05) is 17.0 Å². The molecule has 0 aliphatic carbocycles. The molecule has 158 valence electrons. The van der Waals surface area contributed by atoms with Gasteiger partial charge in [-0.15, -0.1) is 0 Å². The Morgan fingerprint density at radius 2 is 1.93 bits per heavy atom. The minimum Gasteiger partial charge on any atom is -0.497 e. The first kappa shape index (κ1) is 20.9. The molecule has 2 aliphatic rings. The highest BCUT2D eigenvalue weighted by Crippen LogP contribution is 2.36. The van der Waals surface area contributed by atoms with E-state index >= 15 is 0 Å². The van der Waals surface area contributed by atoms with E-state index in [2.05, 4.69) is 11.8 Å². The van der Waals surface area contributed by atoms with Crippen LogP contribution in [0.2, 0.25) is 5.02 Å². The third-order valence-corrected chi connectivity index (χ3v) is 6.41. The van der Waals surface area contributed by atoms with Crippen molar-refractivity contribution in [3.05, 3.63) is 64.7 Å². The van der Waals surface area contributed by atoms with Crippen LogP contribution in [0.4, 0.5) is 0 Å². The first-order valence-corrected chi connectivity index (χ1v) is 10.9. The molecule has 2 aliphatic heterocycles. The maximum absolute atomic E-state index is 13.3. The predicted molar refractivity (Wildman–Crippen MR) is 120 cm³/mol. The molecule has 0 bridgehead atoms. The summed E-state index contributed by atoms with van der Waals surface area (Å²) in [5.74, 6) is 1.53. The standard InChI is InChI=1S/C24H28ClN3O2/c1-17-10-12-27(13-11-17)16-24(29)28-23(20-8-3-4-9-21(20)25)15-22(26-28)18-6-5-7-19(14-18)30-2/h3-9,14,17,23H,10-13,15-16H2,1-2H3/t23-/m0/s1. The van der Waals surface area contributed by atoms with Gasteiger partial charge in [-0.3, -0.25) is 9.69 Å². The van der Waals surface area contributed by atoms with Crippen LogP contribution < -0.4 is 4.74 Å². The number of hydrogen-bond donors (Lipinski definition) is 0. The number of benzene rings is 2. The fourth-order valence-corrected chi connectivity index (χ4v) is 4.45. The lowest BCUT2D eigenvalue weighted by molar-refractivity contribution is -0.134. The van der Waals surface area contributed by atoms with Gasteiger partial charge >= 0.3 is 0 Å². The van der Waals surface area contributed by atoms with Crippen LogP contribution in [0.3, 0.4) is 0 Å². The summed E-state index contributed by atoms with van der Waals surface area (Å²) in [6.07, 6.45) is 2.90. The van der Waals surface area contributed by atoms with Gasteiger partial charge in [0.1, 0.15) is 5.75 Å². The van der Waals surface area contributed by atoms with Crippen molar-refractivity contribution in [2.75, 3.05) is 26.7 Å². The average Bonchev–Trinajstić information content (AvgIpc) is 3.21. The Labute approximate surface area is 183 Å². The molecule has 2 heterocycles. The van der Waals surface area contributed by atoms with Crippen LogP contribution >= 0.6 is 11.6 Å². The Morgan fingerprint density at radius 1 is 1.17 bits per heavy atom. The smallest absolute Gasteiger partial charge is 0.257 e. The molecule has 4 rings (SSSR count). The number of carbonyl (C=O) groups excluding carboxylic acids is 1. The van der Waals surface area contributed by atoms with E-state index in [1.807, 2.05) is 48.5 Å². The fourth-order valence-electron chi connectivity index (χ4n) is 4.19. The van der Waals surface area contributed by atoms with Crippen molar-refractivity contribution >= 4 is 23.2 Å². The van der Waals surface area contributed by atoms with Crippen molar-refractivity contribution in [2.24, 2.45) is 11.0 Å². The summed E-state index contributed by atoms with van der Waals surface area (Å²) in [5.41, 5.74) is 2.77. The molecule has 2 aromatic rings. The largest absolute Gasteiger partial charge is 0.497 e. The zero-order chi connectivity index (χ0) is 21.1. The second kappa shape index (κ2) is 9.19. The molecule has 1 fully saturated rings. The number of nitrogens with zero attached hydrogens (tertiary/aromatic N) is 3. The van der Waals surface area contributed by atoms with Gasteiger partial charge in [0.25, 0.3) is 5.91 Å². The number of amides is 1. The molecule has 0 N–H and O–H groups in total. The maximum atomic E-state index is 13.3. The summed E-state index contributed by atoms with van der Waals surface area (Å²) in [6, 6.07) is 15.3. The van der Waals surface area contributed by atoms with Crippen molar-refractivity contribution < 1.29 is 9.53 Å². The van der Waals surface area contributed by atoms with Crippen molar-refractivity contribution in [3.63, 3.8) is 0 Å². The van der Waals surface area contributed by atoms with Gasteiger partial charge in [0.15, 0.2) is 0 Å². The van der Waals surface area contributed by atoms with Crippen LogP contribution in [0.15, 0.2) is 53.6 Å². The third kappa shape index (κ3) is 4.52. The zero-order valence-electron chi connectivity index (χ0n) is 17.6. The van der Waals surface area contributed by atoms with Crippen LogP contribution in [0, 0.1) is 5.92 Å². The number of likely N-dealkylation sites (tertiary alicyclic amines) is 1. The lowest BCUT2D eigenvalue weighted by Crippen LogP contribution is -2.41. The number of rotatable bonds is 5. The Balaban J connectivity index is 1.61. The molecule has 0 unspecified atom stereocenters. The van der Waals surface area contributed by atoms with Crippen LogP contribution in [-0.2, 0) is 4.79 Å². The first-order valence-electron chi connectivity index (χ1n) is 10.6. The summed E-state index contributed by atoms with van der Waals surface area (Å²) in [6.45, 7) is 4.59. The van der Waals surface area contributed by atoms with Crippen LogP contribution in [-0.4, -0.2) is 48.3 Å². The van der Waals surface area contributed by atoms with Gasteiger partial charge in [-0.05, 0) is 55.6 Å². The van der Waals surface area contributed by atoms with Crippen molar-refractivity contribution in [1.82, 2.24) is 9.91 Å².